The lowest BCUT2D eigenvalue weighted by molar-refractivity contribution is 0.0405. The van der Waals surface area contributed by atoms with E-state index in [-0.39, 0.29) is 0 Å². The number of nitrogens with two attached hydrogens (primary N) is 1. The maximum atomic E-state index is 5.79. The van der Waals surface area contributed by atoms with E-state index in [2.05, 4.69) is 76.7 Å². The number of aromatic nitrogens is 1. The molecule has 0 amide bonds. The average molecular weight is 365 g/mol. The summed E-state index contributed by atoms with van der Waals surface area (Å²) in [5.41, 5.74) is 8.50. The molecule has 1 aliphatic rings. The minimum absolute atomic E-state index is 0.588. The summed E-state index contributed by atoms with van der Waals surface area (Å²) in [7, 11) is 0. The van der Waals surface area contributed by atoms with Crippen molar-refractivity contribution in [1.29, 1.82) is 0 Å². The molecule has 0 spiro atoms. The quantitative estimate of drug-likeness (QED) is 0.727. The van der Waals surface area contributed by atoms with Crippen molar-refractivity contribution in [3.63, 3.8) is 0 Å². The predicted octanol–water partition coefficient (Wildman–Crippen LogP) is 3.54. The second-order valence-electron chi connectivity index (χ2n) is 8.02. The smallest absolute Gasteiger partial charge is 0.0491 e. The van der Waals surface area contributed by atoms with Crippen molar-refractivity contribution in [3.05, 3.63) is 48.5 Å². The molecule has 0 saturated carbocycles. The minimum atomic E-state index is 0.588. The number of rotatable bonds is 6. The second-order valence-corrected chi connectivity index (χ2v) is 8.02. The molecule has 4 rings (SSSR count). The molecule has 0 radical (unpaired) electrons. The molecule has 3 aromatic rings. The van der Waals surface area contributed by atoms with E-state index in [1.165, 1.54) is 28.2 Å². The van der Waals surface area contributed by atoms with Crippen LogP contribution in [0.3, 0.4) is 0 Å². The summed E-state index contributed by atoms with van der Waals surface area (Å²) in [5, 5.41) is 2.73. The van der Waals surface area contributed by atoms with Crippen LogP contribution in [0.25, 0.3) is 21.8 Å². The molecule has 4 heteroatoms. The molecule has 2 aromatic carbocycles. The van der Waals surface area contributed by atoms with Gasteiger partial charge in [-0.25, -0.2) is 0 Å². The van der Waals surface area contributed by atoms with Gasteiger partial charge in [0.05, 0.1) is 0 Å². The number of benzene rings is 2. The van der Waals surface area contributed by atoms with E-state index < -0.39 is 0 Å². The standard InChI is InChI=1S/C23H32N4/c1-18-16-25(17-19(2)26(18)15-12-24)13-7-14-27-22-10-5-3-8-20(22)21-9-4-6-11-23(21)27/h3-6,8-11,18-19H,7,12-17,24H2,1-2H3/t18-,19+. The van der Waals surface area contributed by atoms with Gasteiger partial charge in [0, 0.05) is 66.6 Å². The van der Waals surface area contributed by atoms with Crippen molar-refractivity contribution in [1.82, 2.24) is 14.4 Å². The van der Waals surface area contributed by atoms with Gasteiger partial charge in [-0.05, 0) is 38.9 Å². The van der Waals surface area contributed by atoms with Crippen LogP contribution >= 0.6 is 0 Å². The third-order valence-electron chi connectivity index (χ3n) is 6.10. The molecule has 0 aliphatic carbocycles. The van der Waals surface area contributed by atoms with E-state index in [9.17, 15) is 0 Å². The molecule has 1 aromatic heterocycles. The van der Waals surface area contributed by atoms with Crippen LogP contribution in [0, 0.1) is 0 Å². The Morgan fingerprint density at radius 2 is 1.37 bits per heavy atom. The van der Waals surface area contributed by atoms with Crippen molar-refractivity contribution in [2.45, 2.75) is 38.9 Å². The summed E-state index contributed by atoms with van der Waals surface area (Å²) in [6, 6.07) is 18.8. The van der Waals surface area contributed by atoms with Crippen LogP contribution in [0.4, 0.5) is 0 Å². The molecule has 1 saturated heterocycles. The fourth-order valence-corrected chi connectivity index (χ4v) is 4.94. The van der Waals surface area contributed by atoms with E-state index in [1.807, 2.05) is 0 Å². The number of piperazine rings is 1. The zero-order valence-electron chi connectivity index (χ0n) is 16.6. The summed E-state index contributed by atoms with van der Waals surface area (Å²) in [6.07, 6.45) is 1.18. The fraction of sp³-hybridized carbons (Fsp3) is 0.478. The molecule has 2 N–H and O–H groups in total. The van der Waals surface area contributed by atoms with Crippen molar-refractivity contribution >= 4 is 21.8 Å². The van der Waals surface area contributed by atoms with Crippen molar-refractivity contribution < 1.29 is 0 Å². The lowest BCUT2D eigenvalue weighted by atomic mass is 10.1. The highest BCUT2D eigenvalue weighted by Crippen LogP contribution is 2.29. The summed E-state index contributed by atoms with van der Waals surface area (Å²) in [5.74, 6) is 0. The summed E-state index contributed by atoms with van der Waals surface area (Å²) in [6.45, 7) is 11.0. The molecule has 2 atom stereocenters. The number of hydrogen-bond donors (Lipinski definition) is 1. The molecule has 2 heterocycles. The zero-order valence-corrected chi connectivity index (χ0v) is 16.6. The Morgan fingerprint density at radius 3 is 1.93 bits per heavy atom. The normalized spacial score (nSPS) is 22.0. The first-order valence-corrected chi connectivity index (χ1v) is 10.3. The maximum absolute atomic E-state index is 5.79. The third-order valence-corrected chi connectivity index (χ3v) is 6.10. The maximum Gasteiger partial charge on any atom is 0.0491 e. The first-order valence-electron chi connectivity index (χ1n) is 10.3. The monoisotopic (exact) mass is 364 g/mol. The number of aryl methyl sites for hydroxylation is 1. The van der Waals surface area contributed by atoms with Gasteiger partial charge in [-0.3, -0.25) is 4.90 Å². The van der Waals surface area contributed by atoms with Gasteiger partial charge in [0.2, 0.25) is 0 Å². The highest BCUT2D eigenvalue weighted by atomic mass is 15.3. The minimum Gasteiger partial charge on any atom is -0.340 e. The van der Waals surface area contributed by atoms with Gasteiger partial charge in [-0.1, -0.05) is 36.4 Å². The van der Waals surface area contributed by atoms with Crippen LogP contribution in [-0.4, -0.2) is 59.2 Å². The van der Waals surface area contributed by atoms with E-state index >= 15 is 0 Å². The largest absolute Gasteiger partial charge is 0.340 e. The SMILES string of the molecule is C[C@@H]1CN(CCCn2c3ccccc3c3ccccc32)C[C@H](C)N1CCN. The molecule has 27 heavy (non-hydrogen) atoms. The number of fused-ring (bicyclic) bond motifs is 3. The molecular formula is C23H32N4. The summed E-state index contributed by atoms with van der Waals surface area (Å²) < 4.78 is 2.50. The zero-order chi connectivity index (χ0) is 18.8. The lowest BCUT2D eigenvalue weighted by Gasteiger charge is -2.44. The average Bonchev–Trinajstić information content (AvgIpc) is 2.99. The number of para-hydroxylation sites is 2. The second kappa shape index (κ2) is 8.01. The topological polar surface area (TPSA) is 37.4 Å². The molecule has 1 fully saturated rings. The molecular weight excluding hydrogens is 332 g/mol. The van der Waals surface area contributed by atoms with E-state index in [4.69, 9.17) is 5.73 Å². The Bertz CT molecular complexity index is 834. The van der Waals surface area contributed by atoms with Crippen LogP contribution in [0.1, 0.15) is 20.3 Å². The van der Waals surface area contributed by atoms with Gasteiger partial charge in [-0.2, -0.15) is 0 Å². The Kier molecular flexibility index (Phi) is 5.48. The van der Waals surface area contributed by atoms with Crippen LogP contribution in [0.15, 0.2) is 48.5 Å². The van der Waals surface area contributed by atoms with Gasteiger partial charge < -0.3 is 15.2 Å². The molecule has 4 nitrogen and oxygen atoms in total. The molecule has 0 bridgehead atoms. The van der Waals surface area contributed by atoms with Crippen molar-refractivity contribution in [3.8, 4) is 0 Å². The third kappa shape index (κ3) is 3.62. The molecule has 0 unspecified atom stereocenters. The molecule has 144 valence electrons. The van der Waals surface area contributed by atoms with Crippen molar-refractivity contribution in [2.75, 3.05) is 32.7 Å². The van der Waals surface area contributed by atoms with Crippen LogP contribution < -0.4 is 5.73 Å². The summed E-state index contributed by atoms with van der Waals surface area (Å²) >= 11 is 0. The lowest BCUT2D eigenvalue weighted by Crippen LogP contribution is -2.57. The highest BCUT2D eigenvalue weighted by molar-refractivity contribution is 6.07. The van der Waals surface area contributed by atoms with E-state index in [0.29, 0.717) is 12.1 Å². The van der Waals surface area contributed by atoms with Crippen LogP contribution in [0.2, 0.25) is 0 Å². The Hall–Kier alpha value is -1.88. The van der Waals surface area contributed by atoms with Gasteiger partial charge >= 0.3 is 0 Å². The fourth-order valence-electron chi connectivity index (χ4n) is 4.94. The summed E-state index contributed by atoms with van der Waals surface area (Å²) in [4.78, 5) is 5.19. The van der Waals surface area contributed by atoms with Gasteiger partial charge in [0.1, 0.15) is 0 Å². The Morgan fingerprint density at radius 1 is 0.815 bits per heavy atom. The van der Waals surface area contributed by atoms with Gasteiger partial charge in [0.15, 0.2) is 0 Å². The van der Waals surface area contributed by atoms with Gasteiger partial charge in [-0.15, -0.1) is 0 Å². The predicted molar refractivity (Wildman–Crippen MR) is 115 cm³/mol. The number of hydrogen-bond acceptors (Lipinski definition) is 3. The van der Waals surface area contributed by atoms with Gasteiger partial charge in [0.25, 0.3) is 0 Å². The van der Waals surface area contributed by atoms with Crippen LogP contribution in [0.5, 0.6) is 0 Å². The van der Waals surface area contributed by atoms with Crippen molar-refractivity contribution in [2.24, 2.45) is 5.73 Å². The Balaban J connectivity index is 1.45. The first kappa shape index (κ1) is 18.5. The number of nitrogens with zero attached hydrogens (tertiary/aromatic N) is 3. The highest BCUT2D eigenvalue weighted by Gasteiger charge is 2.28. The first-order chi connectivity index (χ1) is 13.2. The molecule has 1 aliphatic heterocycles. The van der Waals surface area contributed by atoms with E-state index in [1.54, 1.807) is 0 Å². The van der Waals surface area contributed by atoms with Crippen LogP contribution in [-0.2, 0) is 6.54 Å². The Labute approximate surface area is 162 Å². The van der Waals surface area contributed by atoms with E-state index in [0.717, 1.165) is 39.3 Å².